The molecule has 3 aromatic carbocycles. The van der Waals surface area contributed by atoms with Gasteiger partial charge in [0.2, 0.25) is 0 Å². The van der Waals surface area contributed by atoms with E-state index >= 15 is 0 Å². The van der Waals surface area contributed by atoms with E-state index in [-0.39, 0.29) is 5.97 Å². The van der Waals surface area contributed by atoms with Crippen LogP contribution in [0.15, 0.2) is 91.0 Å². The van der Waals surface area contributed by atoms with Gasteiger partial charge in [-0.15, -0.1) is 0 Å². The van der Waals surface area contributed by atoms with Gasteiger partial charge in [-0.25, -0.2) is 0 Å². The number of ether oxygens (including phenoxy) is 1. The maximum absolute atomic E-state index is 12.9. The average Bonchev–Trinajstić information content (AvgIpc) is 2.95. The number of para-hydroxylation sites is 1. The minimum Gasteiger partial charge on any atom is -0.426 e. The van der Waals surface area contributed by atoms with Crippen LogP contribution in [0, 0.1) is 0 Å². The van der Waals surface area contributed by atoms with Crippen molar-refractivity contribution in [3.63, 3.8) is 0 Å². The highest BCUT2D eigenvalue weighted by Gasteiger charge is 2.48. The van der Waals surface area contributed by atoms with E-state index in [4.69, 9.17) is 4.74 Å². The number of esters is 1. The van der Waals surface area contributed by atoms with Gasteiger partial charge >= 0.3 is 5.97 Å². The smallest absolute Gasteiger partial charge is 0.322 e. The molecule has 0 spiro atoms. The van der Waals surface area contributed by atoms with Gasteiger partial charge in [0.15, 0.2) is 0 Å². The Morgan fingerprint density at radius 3 is 2.23 bits per heavy atom. The zero-order valence-electron chi connectivity index (χ0n) is 14.5. The standard InChI is InChI=1S/C24H20O2/c25-23-24(18-20-12-5-2-6-13-20,21-15-7-8-16-22(21)26-23)17-9-14-19-10-3-1-4-11-19/h1-16H,17-18H2/b14-9+/t24-/m0/s1. The third kappa shape index (κ3) is 3.06. The summed E-state index contributed by atoms with van der Waals surface area (Å²) in [7, 11) is 0. The normalized spacial score (nSPS) is 18.7. The van der Waals surface area contributed by atoms with Crippen molar-refractivity contribution in [3.05, 3.63) is 108 Å². The predicted molar refractivity (Wildman–Crippen MR) is 104 cm³/mol. The van der Waals surface area contributed by atoms with Crippen LogP contribution in [0.4, 0.5) is 0 Å². The predicted octanol–water partition coefficient (Wildman–Crippen LogP) is 5.19. The Kier molecular flexibility index (Phi) is 4.40. The lowest BCUT2D eigenvalue weighted by atomic mass is 9.74. The summed E-state index contributed by atoms with van der Waals surface area (Å²) in [6.07, 6.45) is 5.39. The first-order valence-electron chi connectivity index (χ1n) is 8.85. The summed E-state index contributed by atoms with van der Waals surface area (Å²) in [6, 6.07) is 28.1. The zero-order valence-corrected chi connectivity index (χ0v) is 14.5. The Morgan fingerprint density at radius 1 is 0.808 bits per heavy atom. The van der Waals surface area contributed by atoms with Crippen LogP contribution >= 0.6 is 0 Å². The van der Waals surface area contributed by atoms with Gasteiger partial charge in [-0.1, -0.05) is 91.0 Å². The molecule has 0 N–H and O–H groups in total. The molecule has 0 aliphatic carbocycles. The SMILES string of the molecule is O=C1Oc2ccccc2[C@]1(C/C=C/c1ccccc1)Cc1ccccc1. The Bertz CT molecular complexity index is 929. The fourth-order valence-corrected chi connectivity index (χ4v) is 3.60. The average molecular weight is 340 g/mol. The van der Waals surface area contributed by atoms with Crippen LogP contribution in [0.1, 0.15) is 23.1 Å². The van der Waals surface area contributed by atoms with Gasteiger partial charge in [0, 0.05) is 5.56 Å². The number of benzene rings is 3. The molecular weight excluding hydrogens is 320 g/mol. The van der Waals surface area contributed by atoms with E-state index in [1.54, 1.807) is 0 Å². The minimum absolute atomic E-state index is 0.166. The van der Waals surface area contributed by atoms with Gasteiger partial charge in [0.05, 0.1) is 0 Å². The molecule has 0 aromatic heterocycles. The quantitative estimate of drug-likeness (QED) is 0.472. The fraction of sp³-hybridized carbons (Fsp3) is 0.125. The van der Waals surface area contributed by atoms with Gasteiger partial charge in [0.25, 0.3) is 0 Å². The first kappa shape index (κ1) is 16.3. The lowest BCUT2D eigenvalue weighted by molar-refractivity contribution is -0.138. The highest BCUT2D eigenvalue weighted by molar-refractivity contribution is 5.91. The topological polar surface area (TPSA) is 26.3 Å². The van der Waals surface area contributed by atoms with Gasteiger partial charge < -0.3 is 4.74 Å². The van der Waals surface area contributed by atoms with Crippen molar-refractivity contribution in [2.45, 2.75) is 18.3 Å². The van der Waals surface area contributed by atoms with Crippen molar-refractivity contribution < 1.29 is 9.53 Å². The van der Waals surface area contributed by atoms with E-state index in [9.17, 15) is 4.79 Å². The number of carbonyl (C=O) groups is 1. The van der Waals surface area contributed by atoms with Crippen LogP contribution < -0.4 is 4.74 Å². The van der Waals surface area contributed by atoms with Crippen molar-refractivity contribution in [2.75, 3.05) is 0 Å². The van der Waals surface area contributed by atoms with E-state index in [2.05, 4.69) is 36.4 Å². The summed E-state index contributed by atoms with van der Waals surface area (Å²) in [5, 5.41) is 0. The molecule has 1 aliphatic heterocycles. The monoisotopic (exact) mass is 340 g/mol. The lowest BCUT2D eigenvalue weighted by Gasteiger charge is -2.25. The van der Waals surface area contributed by atoms with Gasteiger partial charge in [-0.05, 0) is 30.0 Å². The molecule has 4 rings (SSSR count). The van der Waals surface area contributed by atoms with Crippen LogP contribution in [-0.2, 0) is 16.6 Å². The molecule has 0 saturated heterocycles. The third-order valence-corrected chi connectivity index (χ3v) is 4.92. The fourth-order valence-electron chi connectivity index (χ4n) is 3.60. The molecule has 2 nitrogen and oxygen atoms in total. The highest BCUT2D eigenvalue weighted by Crippen LogP contribution is 2.44. The molecule has 1 atom stereocenters. The Morgan fingerprint density at radius 2 is 1.46 bits per heavy atom. The molecule has 0 radical (unpaired) electrons. The van der Waals surface area contributed by atoms with E-state index in [1.165, 1.54) is 0 Å². The highest BCUT2D eigenvalue weighted by atomic mass is 16.5. The van der Waals surface area contributed by atoms with E-state index in [1.807, 2.05) is 60.7 Å². The second kappa shape index (κ2) is 7.01. The minimum atomic E-state index is -0.677. The molecule has 1 aliphatic rings. The lowest BCUT2D eigenvalue weighted by Crippen LogP contribution is -2.35. The Hall–Kier alpha value is -3.13. The molecular formula is C24H20O2. The summed E-state index contributed by atoms with van der Waals surface area (Å²) in [6.45, 7) is 0. The van der Waals surface area contributed by atoms with Crippen molar-refractivity contribution >= 4 is 12.0 Å². The summed E-state index contributed by atoms with van der Waals surface area (Å²) >= 11 is 0. The Labute approximate surface area is 153 Å². The number of rotatable bonds is 5. The van der Waals surface area contributed by atoms with Crippen LogP contribution in [0.3, 0.4) is 0 Å². The van der Waals surface area contributed by atoms with E-state index in [0.29, 0.717) is 18.6 Å². The maximum atomic E-state index is 12.9. The molecule has 0 amide bonds. The van der Waals surface area contributed by atoms with Gasteiger partial charge in [-0.3, -0.25) is 4.79 Å². The van der Waals surface area contributed by atoms with Crippen molar-refractivity contribution in [1.82, 2.24) is 0 Å². The maximum Gasteiger partial charge on any atom is 0.322 e. The number of allylic oxidation sites excluding steroid dienone is 1. The molecule has 26 heavy (non-hydrogen) atoms. The van der Waals surface area contributed by atoms with Gasteiger partial charge in [0.1, 0.15) is 11.2 Å². The molecule has 0 saturated carbocycles. The van der Waals surface area contributed by atoms with Crippen LogP contribution in [0.25, 0.3) is 6.08 Å². The van der Waals surface area contributed by atoms with Crippen molar-refractivity contribution in [3.8, 4) is 5.75 Å². The largest absolute Gasteiger partial charge is 0.426 e. The molecule has 1 heterocycles. The van der Waals surface area contributed by atoms with Crippen LogP contribution in [0.2, 0.25) is 0 Å². The molecule has 128 valence electrons. The molecule has 3 aromatic rings. The van der Waals surface area contributed by atoms with Crippen LogP contribution in [-0.4, -0.2) is 5.97 Å². The van der Waals surface area contributed by atoms with E-state index in [0.717, 1.165) is 16.7 Å². The molecule has 0 bridgehead atoms. The Balaban J connectivity index is 1.70. The van der Waals surface area contributed by atoms with Crippen molar-refractivity contribution in [2.24, 2.45) is 0 Å². The number of carbonyl (C=O) groups excluding carboxylic acids is 1. The summed E-state index contributed by atoms with van der Waals surface area (Å²) in [5.74, 6) is 0.516. The molecule has 0 fully saturated rings. The number of hydrogen-bond donors (Lipinski definition) is 0. The second-order valence-corrected chi connectivity index (χ2v) is 6.65. The third-order valence-electron chi connectivity index (χ3n) is 4.92. The molecule has 2 heteroatoms. The molecule has 0 unspecified atom stereocenters. The summed E-state index contributed by atoms with van der Waals surface area (Å²) in [4.78, 5) is 12.9. The zero-order chi connectivity index (χ0) is 17.8. The number of hydrogen-bond acceptors (Lipinski definition) is 2. The first-order chi connectivity index (χ1) is 12.8. The van der Waals surface area contributed by atoms with Crippen LogP contribution in [0.5, 0.6) is 5.75 Å². The summed E-state index contributed by atoms with van der Waals surface area (Å²) in [5.41, 5.74) is 2.56. The number of fused-ring (bicyclic) bond motifs is 1. The van der Waals surface area contributed by atoms with Crippen molar-refractivity contribution in [1.29, 1.82) is 0 Å². The second-order valence-electron chi connectivity index (χ2n) is 6.65. The van der Waals surface area contributed by atoms with Gasteiger partial charge in [-0.2, -0.15) is 0 Å². The van der Waals surface area contributed by atoms with E-state index < -0.39 is 5.41 Å². The first-order valence-corrected chi connectivity index (χ1v) is 8.85. The summed E-state index contributed by atoms with van der Waals surface area (Å²) < 4.78 is 5.62.